The SMILES string of the molecule is CCOC(=O)c1cncc(-n2c(C)ccc2-c2ccccc2OCc2ccc(OCC)cc2)c1.COc1ccc(COc2ccccc2C(=O)CCC(C)=O)cc1. The Kier molecular flexibility index (Phi) is 15.2. The van der Waals surface area contributed by atoms with Crippen LogP contribution in [0.15, 0.2) is 128 Å². The van der Waals surface area contributed by atoms with Crippen molar-refractivity contribution in [3.05, 3.63) is 156 Å². The molecule has 0 bridgehead atoms. The number of aromatic nitrogens is 2. The van der Waals surface area contributed by atoms with Crippen molar-refractivity contribution in [1.82, 2.24) is 9.55 Å². The highest BCUT2D eigenvalue weighted by molar-refractivity contribution is 6.00. The van der Waals surface area contributed by atoms with Crippen LogP contribution in [0.1, 0.15) is 71.1 Å². The van der Waals surface area contributed by atoms with Crippen molar-refractivity contribution in [2.45, 2.75) is 53.8 Å². The summed E-state index contributed by atoms with van der Waals surface area (Å²) in [5.41, 5.74) is 6.66. The summed E-state index contributed by atoms with van der Waals surface area (Å²) >= 11 is 0. The third kappa shape index (κ3) is 11.7. The van der Waals surface area contributed by atoms with Gasteiger partial charge in [-0.15, -0.1) is 0 Å². The van der Waals surface area contributed by atoms with Crippen LogP contribution in [-0.2, 0) is 22.7 Å². The van der Waals surface area contributed by atoms with Crippen LogP contribution in [-0.4, -0.2) is 47.4 Å². The molecular formula is C47H48N2O8. The molecule has 6 aromatic rings. The molecule has 0 amide bonds. The van der Waals surface area contributed by atoms with Crippen molar-refractivity contribution in [1.29, 1.82) is 0 Å². The highest BCUT2D eigenvalue weighted by Crippen LogP contribution is 2.34. The molecule has 2 aromatic heterocycles. The van der Waals surface area contributed by atoms with E-state index in [1.165, 1.54) is 13.1 Å². The third-order valence-corrected chi connectivity index (χ3v) is 8.81. The number of carbonyl (C=O) groups excluding carboxylic acids is 3. The molecule has 2 heterocycles. The molecule has 0 saturated carbocycles. The Bertz CT molecular complexity index is 2240. The number of methoxy groups -OCH3 is 1. The molecule has 0 spiro atoms. The normalized spacial score (nSPS) is 10.5. The Hall–Kier alpha value is -6.68. The number of carbonyl (C=O) groups is 3. The van der Waals surface area contributed by atoms with Crippen LogP contribution in [0.4, 0.5) is 0 Å². The second kappa shape index (κ2) is 20.8. The Morgan fingerprint density at radius 1 is 0.667 bits per heavy atom. The second-order valence-corrected chi connectivity index (χ2v) is 13.0. The number of ketones is 2. The van der Waals surface area contributed by atoms with E-state index in [9.17, 15) is 14.4 Å². The van der Waals surface area contributed by atoms with Gasteiger partial charge in [-0.3, -0.25) is 9.78 Å². The quantitative estimate of drug-likeness (QED) is 0.0661. The van der Waals surface area contributed by atoms with Crippen molar-refractivity contribution in [3.8, 4) is 39.9 Å². The van der Waals surface area contributed by atoms with Crippen molar-refractivity contribution >= 4 is 17.5 Å². The van der Waals surface area contributed by atoms with E-state index in [0.29, 0.717) is 43.3 Å². The van der Waals surface area contributed by atoms with Crippen LogP contribution in [0.25, 0.3) is 16.9 Å². The lowest BCUT2D eigenvalue weighted by molar-refractivity contribution is -0.117. The molecule has 4 aromatic carbocycles. The molecule has 10 heteroatoms. The van der Waals surface area contributed by atoms with Gasteiger partial charge in [0.05, 0.1) is 49.0 Å². The molecule has 0 aliphatic rings. The number of pyridine rings is 1. The number of benzene rings is 4. The number of ether oxygens (including phenoxy) is 5. The summed E-state index contributed by atoms with van der Waals surface area (Å²) < 4.78 is 29.8. The van der Waals surface area contributed by atoms with Gasteiger partial charge in [0.15, 0.2) is 5.78 Å². The van der Waals surface area contributed by atoms with E-state index < -0.39 is 0 Å². The Morgan fingerprint density at radius 3 is 1.95 bits per heavy atom. The number of nitrogens with zero attached hydrogens (tertiary/aromatic N) is 2. The molecule has 0 unspecified atom stereocenters. The maximum atomic E-state index is 12.2. The van der Waals surface area contributed by atoms with Crippen LogP contribution in [0.5, 0.6) is 23.0 Å². The first kappa shape index (κ1) is 41.5. The lowest BCUT2D eigenvalue weighted by Gasteiger charge is -2.16. The van der Waals surface area contributed by atoms with Gasteiger partial charge in [-0.1, -0.05) is 48.5 Å². The molecule has 0 saturated heterocycles. The standard InChI is InChI=1S/C28H28N2O4.C19H20O4/c1-4-32-24-13-11-21(12-14-24)19-34-27-9-7-6-8-25(27)26-15-10-20(3)30(26)23-16-22(17-29-18-23)28(31)33-5-2;1-14(20)7-12-18(21)17-5-3-4-6-19(17)23-13-15-8-10-16(22-2)11-9-15/h6-18H,4-5,19H2,1-3H3;3-6,8-11H,7,12-13H2,1-2H3. The van der Waals surface area contributed by atoms with Crippen molar-refractivity contribution in [3.63, 3.8) is 0 Å². The van der Waals surface area contributed by atoms with Crippen LogP contribution in [0.3, 0.4) is 0 Å². The zero-order valence-electron chi connectivity index (χ0n) is 33.0. The average Bonchev–Trinajstić information content (AvgIpc) is 3.63. The maximum Gasteiger partial charge on any atom is 0.339 e. The summed E-state index contributed by atoms with van der Waals surface area (Å²) in [6.07, 6.45) is 3.72. The number of Topliss-reactive ketones (excluding diaryl/α,β-unsaturated/α-hetero) is 2. The summed E-state index contributed by atoms with van der Waals surface area (Å²) in [7, 11) is 1.62. The zero-order valence-corrected chi connectivity index (χ0v) is 33.0. The van der Waals surface area contributed by atoms with E-state index in [4.69, 9.17) is 23.7 Å². The molecule has 294 valence electrons. The Balaban J connectivity index is 0.000000235. The fourth-order valence-electron chi connectivity index (χ4n) is 5.91. The number of rotatable bonds is 17. The van der Waals surface area contributed by atoms with Crippen molar-refractivity contribution in [2.75, 3.05) is 20.3 Å². The predicted octanol–water partition coefficient (Wildman–Crippen LogP) is 9.83. The predicted molar refractivity (Wildman–Crippen MR) is 220 cm³/mol. The van der Waals surface area contributed by atoms with Gasteiger partial charge in [-0.05, 0) is 106 Å². The minimum atomic E-state index is -0.387. The van der Waals surface area contributed by atoms with Crippen LogP contribution in [0.2, 0.25) is 0 Å². The van der Waals surface area contributed by atoms with Crippen molar-refractivity contribution < 1.29 is 38.1 Å². The molecule has 10 nitrogen and oxygen atoms in total. The Labute approximate surface area is 334 Å². The fraction of sp³-hybridized carbons (Fsp3) is 0.234. The lowest BCUT2D eigenvalue weighted by Crippen LogP contribution is -2.07. The minimum Gasteiger partial charge on any atom is -0.497 e. The van der Waals surface area contributed by atoms with E-state index in [-0.39, 0.29) is 30.4 Å². The van der Waals surface area contributed by atoms with Gasteiger partial charge in [0.1, 0.15) is 42.0 Å². The van der Waals surface area contributed by atoms with Crippen molar-refractivity contribution in [2.24, 2.45) is 0 Å². The van der Waals surface area contributed by atoms with Gasteiger partial charge in [0, 0.05) is 30.3 Å². The van der Waals surface area contributed by atoms with Gasteiger partial charge >= 0.3 is 5.97 Å². The molecule has 0 aliphatic carbocycles. The molecule has 6 rings (SSSR count). The fourth-order valence-corrected chi connectivity index (χ4v) is 5.91. The maximum absolute atomic E-state index is 12.2. The summed E-state index contributed by atoms with van der Waals surface area (Å²) in [5.74, 6) is 2.48. The van der Waals surface area contributed by atoms with Crippen LogP contribution >= 0.6 is 0 Å². The first-order valence-corrected chi connectivity index (χ1v) is 18.8. The van der Waals surface area contributed by atoms with Gasteiger partial charge in [-0.2, -0.15) is 0 Å². The first-order valence-electron chi connectivity index (χ1n) is 18.8. The van der Waals surface area contributed by atoms with E-state index in [1.54, 1.807) is 44.5 Å². The number of aryl methyl sites for hydroxylation is 1. The van der Waals surface area contributed by atoms with Gasteiger partial charge in [0.2, 0.25) is 0 Å². The number of para-hydroxylation sites is 2. The summed E-state index contributed by atoms with van der Waals surface area (Å²) in [6.45, 7) is 9.01. The van der Waals surface area contributed by atoms with E-state index in [2.05, 4.69) is 9.55 Å². The Morgan fingerprint density at radius 2 is 1.30 bits per heavy atom. The third-order valence-electron chi connectivity index (χ3n) is 8.81. The van der Waals surface area contributed by atoms with Crippen LogP contribution in [0, 0.1) is 6.92 Å². The van der Waals surface area contributed by atoms with Gasteiger partial charge in [0.25, 0.3) is 0 Å². The number of hydrogen-bond acceptors (Lipinski definition) is 9. The molecule has 0 atom stereocenters. The van der Waals surface area contributed by atoms with Gasteiger partial charge < -0.3 is 33.0 Å². The van der Waals surface area contributed by atoms with E-state index in [0.717, 1.165) is 51.0 Å². The largest absolute Gasteiger partial charge is 0.497 e. The monoisotopic (exact) mass is 768 g/mol. The summed E-state index contributed by atoms with van der Waals surface area (Å²) in [4.78, 5) is 39.8. The smallest absolute Gasteiger partial charge is 0.339 e. The zero-order chi connectivity index (χ0) is 40.6. The molecule has 0 radical (unpaired) electrons. The average molecular weight is 769 g/mol. The summed E-state index contributed by atoms with van der Waals surface area (Å²) in [6, 6.07) is 36.4. The molecule has 0 fully saturated rings. The molecule has 57 heavy (non-hydrogen) atoms. The van der Waals surface area contributed by atoms with Gasteiger partial charge in [-0.25, -0.2) is 4.79 Å². The molecule has 0 N–H and O–H groups in total. The van der Waals surface area contributed by atoms with Crippen LogP contribution < -0.4 is 18.9 Å². The molecule has 0 aliphatic heterocycles. The summed E-state index contributed by atoms with van der Waals surface area (Å²) in [5, 5.41) is 0. The molecular weight excluding hydrogens is 721 g/mol. The van der Waals surface area contributed by atoms with E-state index in [1.807, 2.05) is 105 Å². The number of esters is 1. The highest BCUT2D eigenvalue weighted by atomic mass is 16.5. The highest BCUT2D eigenvalue weighted by Gasteiger charge is 2.17. The van der Waals surface area contributed by atoms with E-state index >= 15 is 0 Å². The minimum absolute atomic E-state index is 0.00924. The second-order valence-electron chi connectivity index (χ2n) is 13.0. The number of hydrogen-bond donors (Lipinski definition) is 0. The lowest BCUT2D eigenvalue weighted by atomic mass is 10.0. The topological polar surface area (TPSA) is 115 Å². The first-order chi connectivity index (χ1) is 27.7.